The van der Waals surface area contributed by atoms with Crippen LogP contribution >= 0.6 is 11.7 Å². The summed E-state index contributed by atoms with van der Waals surface area (Å²) >= 11 is 0.995. The minimum absolute atomic E-state index is 0.410. The fourth-order valence-electron chi connectivity index (χ4n) is 2.67. The summed E-state index contributed by atoms with van der Waals surface area (Å²) in [5, 5.41) is 2.58. The Hall–Kier alpha value is -2.96. The third-order valence-electron chi connectivity index (χ3n) is 4.23. The summed E-state index contributed by atoms with van der Waals surface area (Å²) in [7, 11) is -4.33. The average molecular weight is 467 g/mol. The molecule has 2 aromatic carbocycles. The number of fused-ring (bicyclic) bond motifs is 1. The molecule has 0 aliphatic carbocycles. The van der Waals surface area contributed by atoms with Crippen LogP contribution in [0.1, 0.15) is 13.8 Å². The molecule has 0 saturated heterocycles. The molecule has 0 aliphatic heterocycles. The highest BCUT2D eigenvalue weighted by atomic mass is 32.2. The summed E-state index contributed by atoms with van der Waals surface area (Å²) < 4.78 is 54.2. The SMILES string of the molecule is CC(C)C(NS(=O)(=O)c1ccccc1F)C(=O)OCC(=O)Nc1cccc2nsnc12. The number of nitrogens with zero attached hydrogens (tertiary/aromatic N) is 2. The lowest BCUT2D eigenvalue weighted by atomic mass is 10.1. The third kappa shape index (κ3) is 5.40. The van der Waals surface area contributed by atoms with Crippen LogP contribution in [0, 0.1) is 11.7 Å². The van der Waals surface area contributed by atoms with Gasteiger partial charge >= 0.3 is 5.97 Å². The van der Waals surface area contributed by atoms with Crippen LogP contribution in [0.5, 0.6) is 0 Å². The summed E-state index contributed by atoms with van der Waals surface area (Å²) in [4.78, 5) is 24.1. The Morgan fingerprint density at radius 3 is 2.58 bits per heavy atom. The quantitative estimate of drug-likeness (QED) is 0.488. The molecular weight excluding hydrogens is 447 g/mol. The van der Waals surface area contributed by atoms with Crippen LogP contribution in [-0.2, 0) is 24.3 Å². The molecule has 1 unspecified atom stereocenters. The first kappa shape index (κ1) is 22.7. The molecule has 1 atom stereocenters. The minimum atomic E-state index is -4.33. The molecule has 9 nitrogen and oxygen atoms in total. The van der Waals surface area contributed by atoms with Crippen molar-refractivity contribution < 1.29 is 27.1 Å². The number of hydrogen-bond acceptors (Lipinski definition) is 8. The Bertz CT molecular complexity index is 1210. The predicted octanol–water partition coefficient (Wildman–Crippen LogP) is 2.32. The molecule has 0 saturated carbocycles. The van der Waals surface area contributed by atoms with Crippen molar-refractivity contribution in [3.8, 4) is 0 Å². The van der Waals surface area contributed by atoms with Gasteiger partial charge in [0, 0.05) is 0 Å². The highest BCUT2D eigenvalue weighted by molar-refractivity contribution is 7.89. The van der Waals surface area contributed by atoms with E-state index < -0.39 is 51.2 Å². The number of nitrogens with one attached hydrogen (secondary N) is 2. The van der Waals surface area contributed by atoms with Crippen LogP contribution in [-0.4, -0.2) is 41.7 Å². The average Bonchev–Trinajstić information content (AvgIpc) is 3.20. The van der Waals surface area contributed by atoms with Crippen LogP contribution < -0.4 is 10.0 Å². The van der Waals surface area contributed by atoms with Gasteiger partial charge in [0.05, 0.1) is 17.4 Å². The van der Waals surface area contributed by atoms with Crippen molar-refractivity contribution in [1.29, 1.82) is 0 Å². The molecule has 1 heterocycles. The van der Waals surface area contributed by atoms with Gasteiger partial charge < -0.3 is 10.1 Å². The summed E-state index contributed by atoms with van der Waals surface area (Å²) in [6.07, 6.45) is 0. The number of rotatable bonds is 8. The van der Waals surface area contributed by atoms with E-state index in [1.54, 1.807) is 32.0 Å². The first-order valence-electron chi connectivity index (χ1n) is 9.13. The zero-order valence-electron chi connectivity index (χ0n) is 16.5. The van der Waals surface area contributed by atoms with Gasteiger partial charge in [-0.15, -0.1) is 0 Å². The highest BCUT2D eigenvalue weighted by Crippen LogP contribution is 2.21. The lowest BCUT2D eigenvalue weighted by Crippen LogP contribution is -2.46. The second-order valence-electron chi connectivity index (χ2n) is 6.87. The Morgan fingerprint density at radius 1 is 1.13 bits per heavy atom. The van der Waals surface area contributed by atoms with E-state index in [1.807, 2.05) is 0 Å². The predicted molar refractivity (Wildman–Crippen MR) is 112 cm³/mol. The smallest absolute Gasteiger partial charge is 0.324 e. The Balaban J connectivity index is 1.65. The summed E-state index contributed by atoms with van der Waals surface area (Å²) in [6.45, 7) is 2.54. The maximum atomic E-state index is 13.9. The van der Waals surface area contributed by atoms with Crippen molar-refractivity contribution in [3.05, 3.63) is 48.3 Å². The summed E-state index contributed by atoms with van der Waals surface area (Å²) in [5.74, 6) is -3.06. The Kier molecular flexibility index (Phi) is 6.93. The first-order chi connectivity index (χ1) is 14.7. The van der Waals surface area contributed by atoms with Crippen LogP contribution in [0.3, 0.4) is 0 Å². The van der Waals surface area contributed by atoms with E-state index >= 15 is 0 Å². The molecule has 0 radical (unpaired) electrons. The van der Waals surface area contributed by atoms with E-state index in [0.29, 0.717) is 16.7 Å². The molecule has 2 N–H and O–H groups in total. The van der Waals surface area contributed by atoms with Crippen molar-refractivity contribution in [2.24, 2.45) is 5.92 Å². The molecule has 3 rings (SSSR count). The fraction of sp³-hybridized carbons (Fsp3) is 0.263. The lowest BCUT2D eigenvalue weighted by molar-refractivity contribution is -0.150. The molecule has 0 bridgehead atoms. The summed E-state index contributed by atoms with van der Waals surface area (Å²) in [5.41, 5.74) is 1.53. The molecule has 1 aromatic heterocycles. The Labute approximate surface area is 182 Å². The van der Waals surface area contributed by atoms with Gasteiger partial charge in [-0.2, -0.15) is 13.5 Å². The second kappa shape index (κ2) is 9.45. The number of aromatic nitrogens is 2. The number of esters is 1. The molecular formula is C19H19FN4O5S2. The molecule has 0 spiro atoms. The van der Waals surface area contributed by atoms with Crippen LogP contribution in [0.4, 0.5) is 10.1 Å². The van der Waals surface area contributed by atoms with Gasteiger partial charge in [-0.25, -0.2) is 12.8 Å². The lowest BCUT2D eigenvalue weighted by Gasteiger charge is -2.21. The highest BCUT2D eigenvalue weighted by Gasteiger charge is 2.31. The normalized spacial score (nSPS) is 12.6. The maximum Gasteiger partial charge on any atom is 0.324 e. The van der Waals surface area contributed by atoms with Gasteiger partial charge in [-0.05, 0) is 30.2 Å². The number of ether oxygens (including phenoxy) is 1. The topological polar surface area (TPSA) is 127 Å². The van der Waals surface area contributed by atoms with E-state index in [4.69, 9.17) is 4.74 Å². The van der Waals surface area contributed by atoms with Gasteiger partial charge in [0.25, 0.3) is 5.91 Å². The largest absolute Gasteiger partial charge is 0.454 e. The molecule has 0 aliphatic rings. The number of halogens is 1. The van der Waals surface area contributed by atoms with E-state index in [0.717, 1.165) is 23.9 Å². The number of sulfonamides is 1. The number of carbonyl (C=O) groups excluding carboxylic acids is 2. The van der Waals surface area contributed by atoms with Crippen LogP contribution in [0.25, 0.3) is 11.0 Å². The van der Waals surface area contributed by atoms with Crippen LogP contribution in [0.2, 0.25) is 0 Å². The number of benzene rings is 2. The zero-order valence-corrected chi connectivity index (χ0v) is 18.2. The van der Waals surface area contributed by atoms with E-state index in [-0.39, 0.29) is 0 Å². The monoisotopic (exact) mass is 466 g/mol. The van der Waals surface area contributed by atoms with Gasteiger partial charge in [-0.1, -0.05) is 32.0 Å². The van der Waals surface area contributed by atoms with Crippen molar-refractivity contribution >= 4 is 50.3 Å². The maximum absolute atomic E-state index is 13.9. The van der Waals surface area contributed by atoms with Gasteiger partial charge in [0.15, 0.2) is 6.61 Å². The third-order valence-corrected chi connectivity index (χ3v) is 6.25. The van der Waals surface area contributed by atoms with E-state index in [2.05, 4.69) is 18.8 Å². The molecule has 0 fully saturated rings. The zero-order chi connectivity index (χ0) is 22.6. The van der Waals surface area contributed by atoms with Gasteiger partial charge in [-0.3, -0.25) is 9.59 Å². The Morgan fingerprint density at radius 2 is 1.87 bits per heavy atom. The van der Waals surface area contributed by atoms with Crippen molar-refractivity contribution in [3.63, 3.8) is 0 Å². The minimum Gasteiger partial charge on any atom is -0.454 e. The first-order valence-corrected chi connectivity index (χ1v) is 11.3. The number of hydrogen-bond donors (Lipinski definition) is 2. The van der Waals surface area contributed by atoms with Gasteiger partial charge in [0.2, 0.25) is 10.0 Å². The number of anilines is 1. The van der Waals surface area contributed by atoms with E-state index in [9.17, 15) is 22.4 Å². The molecule has 3 aromatic rings. The second-order valence-corrected chi connectivity index (χ2v) is 9.08. The van der Waals surface area contributed by atoms with Crippen LogP contribution in [0.15, 0.2) is 47.4 Å². The molecule has 31 heavy (non-hydrogen) atoms. The number of amides is 1. The molecule has 1 amide bonds. The molecule has 164 valence electrons. The standard InChI is InChI=1S/C19H19FN4O5S2/c1-11(2)17(24-31(27,28)15-9-4-3-6-12(15)20)19(26)29-10-16(25)21-13-7-5-8-14-18(13)23-30-22-14/h3-9,11,17,24H,10H2,1-2H3,(H,21,25). The number of carbonyl (C=O) groups is 2. The summed E-state index contributed by atoms with van der Waals surface area (Å²) in [6, 6.07) is 8.54. The van der Waals surface area contributed by atoms with Crippen molar-refractivity contribution in [2.45, 2.75) is 24.8 Å². The van der Waals surface area contributed by atoms with Gasteiger partial charge in [0.1, 0.15) is 27.8 Å². The van der Waals surface area contributed by atoms with Crippen molar-refractivity contribution in [2.75, 3.05) is 11.9 Å². The van der Waals surface area contributed by atoms with Crippen molar-refractivity contribution in [1.82, 2.24) is 13.5 Å². The van der Waals surface area contributed by atoms with E-state index in [1.165, 1.54) is 12.1 Å². The molecule has 12 heteroatoms. The fourth-order valence-corrected chi connectivity index (χ4v) is 4.63.